The van der Waals surface area contributed by atoms with Crippen molar-refractivity contribution in [1.29, 1.82) is 0 Å². The minimum Gasteiger partial charge on any atom is -0.351 e. The number of rotatable bonds is 2. The summed E-state index contributed by atoms with van der Waals surface area (Å²) in [5, 5.41) is 14.0. The van der Waals surface area contributed by atoms with Crippen molar-refractivity contribution in [3.63, 3.8) is 0 Å². The second-order valence-electron chi connectivity index (χ2n) is 4.28. The Labute approximate surface area is 99.8 Å². The molecule has 0 bridgehead atoms. The minimum absolute atomic E-state index is 0.0801. The Hall–Kier alpha value is -1.69. The van der Waals surface area contributed by atoms with Crippen LogP contribution in [0.2, 0.25) is 0 Å². The third kappa shape index (κ3) is 2.36. The topological polar surface area (TPSA) is 71.3 Å². The van der Waals surface area contributed by atoms with E-state index in [0.29, 0.717) is 11.7 Å². The summed E-state index contributed by atoms with van der Waals surface area (Å²) in [5.74, 6) is 0.821. The van der Waals surface area contributed by atoms with Crippen molar-refractivity contribution in [3.05, 3.63) is 27.9 Å². The van der Waals surface area contributed by atoms with Gasteiger partial charge in [-0.05, 0) is 19.9 Å². The van der Waals surface area contributed by atoms with Gasteiger partial charge >= 0.3 is 0 Å². The number of anilines is 1. The number of pyridine rings is 1. The van der Waals surface area contributed by atoms with E-state index in [4.69, 9.17) is 0 Å². The van der Waals surface area contributed by atoms with Gasteiger partial charge in [0.15, 0.2) is 0 Å². The van der Waals surface area contributed by atoms with Crippen LogP contribution in [0.1, 0.15) is 12.6 Å². The fourth-order valence-corrected chi connectivity index (χ4v) is 2.07. The van der Waals surface area contributed by atoms with E-state index in [1.54, 1.807) is 13.0 Å². The van der Waals surface area contributed by atoms with Crippen molar-refractivity contribution < 1.29 is 4.92 Å². The lowest BCUT2D eigenvalue weighted by Gasteiger charge is -2.34. The second-order valence-corrected chi connectivity index (χ2v) is 4.28. The molecule has 0 aromatic carbocycles. The zero-order chi connectivity index (χ0) is 12.4. The molecular formula is C11H16N4O2. The highest BCUT2D eigenvalue weighted by Gasteiger charge is 2.21. The Bertz CT molecular complexity index is 435. The number of nitrogens with zero attached hydrogens (tertiary/aromatic N) is 3. The molecular weight excluding hydrogens is 220 g/mol. The van der Waals surface area contributed by atoms with Crippen molar-refractivity contribution in [1.82, 2.24) is 10.3 Å². The third-order valence-corrected chi connectivity index (χ3v) is 3.04. The average Bonchev–Trinajstić information content (AvgIpc) is 2.29. The fourth-order valence-electron chi connectivity index (χ4n) is 2.07. The number of nitrogens with one attached hydrogen (secondary N) is 1. The molecule has 2 rings (SSSR count). The largest absolute Gasteiger partial charge is 0.351 e. The Morgan fingerprint density at radius 1 is 1.59 bits per heavy atom. The maximum atomic E-state index is 10.7. The van der Waals surface area contributed by atoms with Crippen LogP contribution in [0.3, 0.4) is 0 Å². The first kappa shape index (κ1) is 11.8. The Morgan fingerprint density at radius 3 is 2.94 bits per heavy atom. The summed E-state index contributed by atoms with van der Waals surface area (Å²) in [4.78, 5) is 16.8. The van der Waals surface area contributed by atoms with E-state index in [2.05, 4.69) is 22.1 Å². The summed E-state index contributed by atoms with van der Waals surface area (Å²) < 4.78 is 0. The molecule has 1 saturated heterocycles. The molecule has 1 aliphatic rings. The van der Waals surface area contributed by atoms with E-state index in [0.717, 1.165) is 25.5 Å². The van der Waals surface area contributed by atoms with Crippen LogP contribution < -0.4 is 10.2 Å². The Kier molecular flexibility index (Phi) is 3.23. The molecule has 0 amide bonds. The molecule has 6 nitrogen and oxygen atoms in total. The lowest BCUT2D eigenvalue weighted by molar-refractivity contribution is -0.385. The van der Waals surface area contributed by atoms with Crippen LogP contribution in [0.25, 0.3) is 0 Å². The van der Waals surface area contributed by atoms with Gasteiger partial charge in [-0.3, -0.25) is 10.1 Å². The maximum absolute atomic E-state index is 10.7. The molecule has 1 aliphatic heterocycles. The van der Waals surface area contributed by atoms with Crippen molar-refractivity contribution >= 4 is 11.5 Å². The molecule has 1 unspecified atom stereocenters. The highest BCUT2D eigenvalue weighted by Crippen LogP contribution is 2.22. The number of nitro groups is 1. The maximum Gasteiger partial charge on any atom is 0.290 e. The summed E-state index contributed by atoms with van der Waals surface area (Å²) in [6.07, 6.45) is 0. The van der Waals surface area contributed by atoms with E-state index in [9.17, 15) is 10.1 Å². The van der Waals surface area contributed by atoms with Gasteiger partial charge in [0.25, 0.3) is 5.69 Å². The van der Waals surface area contributed by atoms with Crippen molar-refractivity contribution in [3.8, 4) is 0 Å². The minimum atomic E-state index is -0.396. The molecule has 0 spiro atoms. The number of piperazine rings is 1. The Morgan fingerprint density at radius 2 is 2.35 bits per heavy atom. The summed E-state index contributed by atoms with van der Waals surface area (Å²) >= 11 is 0. The Balaban J connectivity index is 2.27. The molecule has 92 valence electrons. The van der Waals surface area contributed by atoms with Gasteiger partial charge in [0.1, 0.15) is 11.5 Å². The summed E-state index contributed by atoms with van der Waals surface area (Å²) in [7, 11) is 0. The molecule has 0 saturated carbocycles. The predicted octanol–water partition coefficient (Wildman–Crippen LogP) is 1.10. The molecule has 17 heavy (non-hydrogen) atoms. The molecule has 0 radical (unpaired) electrons. The van der Waals surface area contributed by atoms with E-state index in [1.165, 1.54) is 6.07 Å². The van der Waals surface area contributed by atoms with Gasteiger partial charge < -0.3 is 10.2 Å². The van der Waals surface area contributed by atoms with Crippen LogP contribution in [0.4, 0.5) is 11.5 Å². The highest BCUT2D eigenvalue weighted by molar-refractivity contribution is 5.47. The molecule has 0 aliphatic carbocycles. The molecule has 1 fully saturated rings. The van der Waals surface area contributed by atoms with Crippen LogP contribution in [0.15, 0.2) is 12.1 Å². The summed E-state index contributed by atoms with van der Waals surface area (Å²) in [6, 6.07) is 3.62. The standard InChI is InChI=1S/C11H16N4O2/c1-8-7-12-5-6-14(8)11-4-3-10(15(16)17)9(2)13-11/h3-4,8,12H,5-7H2,1-2H3. The van der Waals surface area contributed by atoms with Crippen molar-refractivity contribution in [2.24, 2.45) is 0 Å². The van der Waals surface area contributed by atoms with Gasteiger partial charge in [-0.2, -0.15) is 0 Å². The monoisotopic (exact) mass is 236 g/mol. The molecule has 2 heterocycles. The smallest absolute Gasteiger partial charge is 0.290 e. The average molecular weight is 236 g/mol. The third-order valence-electron chi connectivity index (χ3n) is 3.04. The zero-order valence-electron chi connectivity index (χ0n) is 10.0. The first-order valence-corrected chi connectivity index (χ1v) is 5.69. The van der Waals surface area contributed by atoms with E-state index < -0.39 is 4.92 Å². The summed E-state index contributed by atoms with van der Waals surface area (Å²) in [5.41, 5.74) is 0.551. The molecule has 1 atom stereocenters. The van der Waals surface area contributed by atoms with Gasteiger partial charge in [0.2, 0.25) is 0 Å². The van der Waals surface area contributed by atoms with E-state index >= 15 is 0 Å². The predicted molar refractivity (Wildman–Crippen MR) is 65.3 cm³/mol. The number of aryl methyl sites for hydroxylation is 1. The van der Waals surface area contributed by atoms with Crippen molar-refractivity contribution in [2.75, 3.05) is 24.5 Å². The number of aromatic nitrogens is 1. The lowest BCUT2D eigenvalue weighted by Crippen LogP contribution is -2.50. The molecule has 6 heteroatoms. The zero-order valence-corrected chi connectivity index (χ0v) is 10.0. The van der Waals surface area contributed by atoms with Gasteiger partial charge in [-0.25, -0.2) is 4.98 Å². The van der Waals surface area contributed by atoms with Crippen LogP contribution >= 0.6 is 0 Å². The molecule has 1 N–H and O–H groups in total. The normalized spacial score (nSPS) is 20.4. The van der Waals surface area contributed by atoms with Crippen LogP contribution in [0.5, 0.6) is 0 Å². The first-order valence-electron chi connectivity index (χ1n) is 5.69. The van der Waals surface area contributed by atoms with Gasteiger partial charge in [-0.1, -0.05) is 0 Å². The number of hydrogen-bond acceptors (Lipinski definition) is 5. The lowest BCUT2D eigenvalue weighted by atomic mass is 10.2. The van der Waals surface area contributed by atoms with E-state index in [-0.39, 0.29) is 5.69 Å². The second kappa shape index (κ2) is 4.67. The molecule has 1 aromatic heterocycles. The van der Waals surface area contributed by atoms with E-state index in [1.807, 2.05) is 0 Å². The SMILES string of the molecule is Cc1nc(N2CCNCC2C)ccc1[N+](=O)[O-]. The van der Waals surface area contributed by atoms with Gasteiger partial charge in [-0.15, -0.1) is 0 Å². The fraction of sp³-hybridized carbons (Fsp3) is 0.545. The highest BCUT2D eigenvalue weighted by atomic mass is 16.6. The van der Waals surface area contributed by atoms with Crippen LogP contribution in [-0.4, -0.2) is 35.6 Å². The first-order chi connectivity index (χ1) is 8.09. The summed E-state index contributed by atoms with van der Waals surface area (Å²) in [6.45, 7) is 6.50. The van der Waals surface area contributed by atoms with Gasteiger partial charge in [0, 0.05) is 31.7 Å². The van der Waals surface area contributed by atoms with Crippen LogP contribution in [-0.2, 0) is 0 Å². The quantitative estimate of drug-likeness (QED) is 0.615. The van der Waals surface area contributed by atoms with Crippen LogP contribution in [0, 0.1) is 17.0 Å². The number of hydrogen-bond donors (Lipinski definition) is 1. The van der Waals surface area contributed by atoms with Gasteiger partial charge in [0.05, 0.1) is 4.92 Å². The molecule has 1 aromatic rings. The van der Waals surface area contributed by atoms with Crippen molar-refractivity contribution in [2.45, 2.75) is 19.9 Å².